The number of rotatable bonds is 4. The summed E-state index contributed by atoms with van der Waals surface area (Å²) in [4.78, 5) is 29.9. The number of fused-ring (bicyclic) bond motifs is 2. The van der Waals surface area contributed by atoms with Gasteiger partial charge in [-0.2, -0.15) is 0 Å². The van der Waals surface area contributed by atoms with Crippen molar-refractivity contribution in [3.8, 4) is 0 Å². The van der Waals surface area contributed by atoms with Gasteiger partial charge in [-0.3, -0.25) is 9.59 Å². The van der Waals surface area contributed by atoms with Crippen molar-refractivity contribution >= 4 is 34.7 Å². The second kappa shape index (κ2) is 7.31. The summed E-state index contributed by atoms with van der Waals surface area (Å²) in [5.41, 5.74) is 3.68. The van der Waals surface area contributed by atoms with Crippen molar-refractivity contribution in [2.24, 2.45) is 0 Å². The van der Waals surface area contributed by atoms with E-state index in [1.807, 2.05) is 37.3 Å². The number of carbonyl (C=O) groups is 2. The number of hydrogen-bond acceptors (Lipinski definition) is 4. The standard InChI is InChI=1S/C22H21N3O3/c1-14-18(17-5-3-4-6-19(17)28-14)13-25(2)21(27)10-7-15-11-16-8-9-20(26)24-22(16)23-12-15/h3-7,10-12H,8-9,13H2,1-2H3,(H,23,24,26)/b10-7+. The Morgan fingerprint density at radius 2 is 2.14 bits per heavy atom. The van der Waals surface area contributed by atoms with E-state index in [1.165, 1.54) is 0 Å². The van der Waals surface area contributed by atoms with Crippen LogP contribution in [-0.4, -0.2) is 28.7 Å². The molecule has 0 spiro atoms. The highest BCUT2D eigenvalue weighted by Gasteiger charge is 2.16. The maximum atomic E-state index is 12.6. The summed E-state index contributed by atoms with van der Waals surface area (Å²) in [6.45, 7) is 2.39. The van der Waals surface area contributed by atoms with Gasteiger partial charge in [-0.15, -0.1) is 0 Å². The van der Waals surface area contributed by atoms with Crippen LogP contribution in [0.1, 0.15) is 28.9 Å². The topological polar surface area (TPSA) is 75.4 Å². The molecule has 1 aliphatic rings. The summed E-state index contributed by atoms with van der Waals surface area (Å²) in [5.74, 6) is 1.32. The van der Waals surface area contributed by atoms with E-state index < -0.39 is 0 Å². The zero-order chi connectivity index (χ0) is 19.7. The summed E-state index contributed by atoms with van der Waals surface area (Å²) in [6.07, 6.45) is 6.07. The van der Waals surface area contributed by atoms with Crippen LogP contribution in [0.15, 0.2) is 47.0 Å². The summed E-state index contributed by atoms with van der Waals surface area (Å²) in [6, 6.07) is 9.80. The first-order chi connectivity index (χ1) is 13.5. The van der Waals surface area contributed by atoms with E-state index in [9.17, 15) is 9.59 Å². The van der Waals surface area contributed by atoms with Crippen LogP contribution >= 0.6 is 0 Å². The smallest absolute Gasteiger partial charge is 0.246 e. The maximum Gasteiger partial charge on any atom is 0.246 e. The second-order valence-corrected chi connectivity index (χ2v) is 6.99. The molecule has 0 fully saturated rings. The zero-order valence-electron chi connectivity index (χ0n) is 15.9. The van der Waals surface area contributed by atoms with Crippen LogP contribution in [0.2, 0.25) is 0 Å². The highest BCUT2D eigenvalue weighted by Crippen LogP contribution is 2.26. The Morgan fingerprint density at radius 3 is 3.00 bits per heavy atom. The number of amides is 2. The predicted octanol–water partition coefficient (Wildman–Crippen LogP) is 3.69. The van der Waals surface area contributed by atoms with Gasteiger partial charge in [0.05, 0.1) is 0 Å². The van der Waals surface area contributed by atoms with E-state index in [-0.39, 0.29) is 11.8 Å². The molecule has 0 radical (unpaired) electrons. The molecule has 2 amide bonds. The second-order valence-electron chi connectivity index (χ2n) is 6.99. The van der Waals surface area contributed by atoms with E-state index in [4.69, 9.17) is 4.42 Å². The summed E-state index contributed by atoms with van der Waals surface area (Å²) >= 11 is 0. The highest BCUT2D eigenvalue weighted by molar-refractivity contribution is 5.94. The quantitative estimate of drug-likeness (QED) is 0.706. The Morgan fingerprint density at radius 1 is 1.32 bits per heavy atom. The molecule has 0 atom stereocenters. The van der Waals surface area contributed by atoms with Crippen molar-refractivity contribution < 1.29 is 14.0 Å². The zero-order valence-corrected chi connectivity index (χ0v) is 15.9. The fraction of sp³-hybridized carbons (Fsp3) is 0.227. The summed E-state index contributed by atoms with van der Waals surface area (Å²) in [7, 11) is 1.77. The van der Waals surface area contributed by atoms with E-state index >= 15 is 0 Å². The lowest BCUT2D eigenvalue weighted by Crippen LogP contribution is -2.24. The largest absolute Gasteiger partial charge is 0.461 e. The lowest BCUT2D eigenvalue weighted by molar-refractivity contribution is -0.125. The molecule has 1 aromatic carbocycles. The molecule has 2 aromatic heterocycles. The first-order valence-electron chi connectivity index (χ1n) is 9.20. The van der Waals surface area contributed by atoms with Gasteiger partial charge in [0.15, 0.2) is 0 Å². The molecule has 1 N–H and O–H groups in total. The van der Waals surface area contributed by atoms with Crippen molar-refractivity contribution in [3.63, 3.8) is 0 Å². The monoisotopic (exact) mass is 375 g/mol. The minimum atomic E-state index is -0.101. The number of nitrogens with one attached hydrogen (secondary N) is 1. The molecule has 6 nitrogen and oxygen atoms in total. The average molecular weight is 375 g/mol. The number of aromatic nitrogens is 1. The van der Waals surface area contributed by atoms with Crippen molar-refractivity contribution in [2.75, 3.05) is 12.4 Å². The minimum Gasteiger partial charge on any atom is -0.461 e. The maximum absolute atomic E-state index is 12.6. The van der Waals surface area contributed by atoms with Gasteiger partial charge < -0.3 is 14.6 Å². The Bertz CT molecular complexity index is 1100. The first kappa shape index (κ1) is 18.0. The number of furan rings is 1. The number of likely N-dealkylation sites (N-methyl/N-ethyl adjacent to an activating group) is 1. The molecule has 4 rings (SSSR count). The molecule has 1 aliphatic heterocycles. The third-order valence-corrected chi connectivity index (χ3v) is 4.96. The Labute approximate surface area is 162 Å². The van der Waals surface area contributed by atoms with Crippen LogP contribution in [0.4, 0.5) is 5.82 Å². The number of aryl methyl sites for hydroxylation is 2. The van der Waals surface area contributed by atoms with Crippen LogP contribution in [0, 0.1) is 6.92 Å². The fourth-order valence-corrected chi connectivity index (χ4v) is 3.39. The van der Waals surface area contributed by atoms with Gasteiger partial charge in [0.25, 0.3) is 0 Å². The van der Waals surface area contributed by atoms with E-state index in [2.05, 4.69) is 10.3 Å². The normalized spacial score (nSPS) is 13.6. The molecule has 6 heteroatoms. The third kappa shape index (κ3) is 3.53. The molecule has 3 heterocycles. The van der Waals surface area contributed by atoms with Crippen molar-refractivity contribution in [3.05, 3.63) is 65.1 Å². The lowest BCUT2D eigenvalue weighted by Gasteiger charge is -2.16. The minimum absolute atomic E-state index is 0.0119. The van der Waals surface area contributed by atoms with E-state index in [1.54, 1.807) is 30.3 Å². The lowest BCUT2D eigenvalue weighted by atomic mass is 10.0. The highest BCUT2D eigenvalue weighted by atomic mass is 16.3. The first-order valence-corrected chi connectivity index (χ1v) is 9.20. The molecule has 142 valence electrons. The van der Waals surface area contributed by atoms with Crippen molar-refractivity contribution in [1.29, 1.82) is 0 Å². The molecule has 0 bridgehead atoms. The van der Waals surface area contributed by atoms with Gasteiger partial charge in [-0.05, 0) is 42.7 Å². The van der Waals surface area contributed by atoms with E-state index in [0.717, 1.165) is 33.4 Å². The number of para-hydroxylation sites is 1. The van der Waals surface area contributed by atoms with Gasteiger partial charge in [-0.25, -0.2) is 4.98 Å². The Hall–Kier alpha value is -3.41. The van der Waals surface area contributed by atoms with Gasteiger partial charge in [-0.1, -0.05) is 18.2 Å². The van der Waals surface area contributed by atoms with Crippen LogP contribution in [0.3, 0.4) is 0 Å². The number of benzene rings is 1. The van der Waals surface area contributed by atoms with Gasteiger partial charge in [0, 0.05) is 43.2 Å². The number of anilines is 1. The van der Waals surface area contributed by atoms with Gasteiger partial charge >= 0.3 is 0 Å². The molecule has 3 aromatic rings. The number of carbonyl (C=O) groups excluding carboxylic acids is 2. The number of hydrogen-bond donors (Lipinski definition) is 1. The van der Waals surface area contributed by atoms with Gasteiger partial charge in [0.2, 0.25) is 11.8 Å². The number of nitrogens with zero attached hydrogens (tertiary/aromatic N) is 2. The van der Waals surface area contributed by atoms with Crippen LogP contribution in [0.5, 0.6) is 0 Å². The molecule has 0 unspecified atom stereocenters. The molecule has 28 heavy (non-hydrogen) atoms. The molecular weight excluding hydrogens is 354 g/mol. The Kier molecular flexibility index (Phi) is 4.69. The van der Waals surface area contributed by atoms with Crippen LogP contribution in [0.25, 0.3) is 17.0 Å². The molecular formula is C22H21N3O3. The van der Waals surface area contributed by atoms with Crippen molar-refractivity contribution in [2.45, 2.75) is 26.3 Å². The summed E-state index contributed by atoms with van der Waals surface area (Å²) < 4.78 is 5.78. The number of pyridine rings is 1. The SMILES string of the molecule is Cc1oc2ccccc2c1CN(C)C(=O)/C=C/c1cnc2c(c1)CCC(=O)N2. The third-order valence-electron chi connectivity index (χ3n) is 4.96. The molecule has 0 saturated carbocycles. The predicted molar refractivity (Wildman–Crippen MR) is 108 cm³/mol. The van der Waals surface area contributed by atoms with E-state index in [0.29, 0.717) is 25.2 Å². The van der Waals surface area contributed by atoms with Crippen LogP contribution < -0.4 is 5.32 Å². The molecule has 0 saturated heterocycles. The van der Waals surface area contributed by atoms with Crippen LogP contribution in [-0.2, 0) is 22.6 Å². The average Bonchev–Trinajstić information content (AvgIpc) is 3.01. The molecule has 0 aliphatic carbocycles. The van der Waals surface area contributed by atoms with Crippen molar-refractivity contribution in [1.82, 2.24) is 9.88 Å². The Balaban J connectivity index is 1.47. The summed E-state index contributed by atoms with van der Waals surface area (Å²) in [5, 5.41) is 3.79. The fourth-order valence-electron chi connectivity index (χ4n) is 3.39. The van der Waals surface area contributed by atoms with Gasteiger partial charge in [0.1, 0.15) is 17.2 Å².